The van der Waals surface area contributed by atoms with Gasteiger partial charge in [0.1, 0.15) is 0 Å². The zero-order chi connectivity index (χ0) is 28.6. The first-order valence-electron chi connectivity index (χ1n) is 11.4. The second-order valence-corrected chi connectivity index (χ2v) is 16.5. The molecule has 2 aromatic carbocycles. The molecule has 37 heavy (non-hydrogen) atoms. The van der Waals surface area contributed by atoms with Crippen molar-refractivity contribution >= 4 is 51.2 Å². The van der Waals surface area contributed by atoms with E-state index in [0.29, 0.717) is 22.6 Å². The monoisotopic (exact) mass is 638 g/mol. The number of rotatable bonds is 8. The molecule has 5 nitrogen and oxygen atoms in total. The fourth-order valence-electron chi connectivity index (χ4n) is 3.94. The number of alkyl halides is 2. The van der Waals surface area contributed by atoms with E-state index in [0.717, 1.165) is 17.4 Å². The molecule has 0 atom stereocenters. The van der Waals surface area contributed by atoms with E-state index in [1.54, 1.807) is 30.0 Å². The lowest BCUT2D eigenvalue weighted by molar-refractivity contribution is 0.0554. The molecule has 2 N–H and O–H groups in total. The highest BCUT2D eigenvalue weighted by atomic mass is 79.9. The Morgan fingerprint density at radius 1 is 1.03 bits per heavy atom. The topological polar surface area (TPSA) is 91.7 Å². The second kappa shape index (κ2) is 11.2. The molecule has 0 aromatic heterocycles. The van der Waals surface area contributed by atoms with Crippen molar-refractivity contribution in [1.82, 2.24) is 0 Å². The Morgan fingerprint density at radius 2 is 1.62 bits per heavy atom. The van der Waals surface area contributed by atoms with E-state index in [4.69, 9.17) is 0 Å². The smallest absolute Gasteiger partial charge is 0.320 e. The van der Waals surface area contributed by atoms with Gasteiger partial charge in [-0.1, -0.05) is 65.8 Å². The van der Waals surface area contributed by atoms with Crippen LogP contribution in [0.25, 0.3) is 6.08 Å². The van der Waals surface area contributed by atoms with E-state index in [1.165, 1.54) is 6.07 Å². The molecule has 0 aliphatic heterocycles. The van der Waals surface area contributed by atoms with Crippen LogP contribution in [-0.2, 0) is 36.6 Å². The van der Waals surface area contributed by atoms with Gasteiger partial charge in [-0.05, 0) is 67.2 Å². The van der Waals surface area contributed by atoms with Crippen LogP contribution in [0.15, 0.2) is 45.8 Å². The van der Waals surface area contributed by atoms with Gasteiger partial charge in [-0.3, -0.25) is 4.57 Å². The Hall–Kier alpha value is -1.03. The van der Waals surface area contributed by atoms with E-state index in [9.17, 15) is 31.6 Å². The van der Waals surface area contributed by atoms with Gasteiger partial charge in [0.25, 0.3) is 0 Å². The predicted octanol–water partition coefficient (Wildman–Crippen LogP) is 7.62. The molecular formula is C26H34BrF2O5PS2. The summed E-state index contributed by atoms with van der Waals surface area (Å²) in [5.41, 5.74) is -3.45. The lowest BCUT2D eigenvalue weighted by Gasteiger charge is -2.34. The number of thioether (sulfide) groups is 1. The number of sulfone groups is 1. The van der Waals surface area contributed by atoms with E-state index >= 15 is 0 Å². The summed E-state index contributed by atoms with van der Waals surface area (Å²) in [5, 5.41) is 0. The van der Waals surface area contributed by atoms with Crippen LogP contribution >= 0.6 is 35.3 Å². The number of benzene rings is 2. The molecule has 0 saturated heterocycles. The molecule has 0 unspecified atom stereocenters. The van der Waals surface area contributed by atoms with E-state index < -0.39 is 39.5 Å². The van der Waals surface area contributed by atoms with Crippen LogP contribution in [0.2, 0.25) is 0 Å². The highest BCUT2D eigenvalue weighted by Crippen LogP contribution is 2.62. The predicted molar refractivity (Wildman–Crippen MR) is 152 cm³/mol. The quantitative estimate of drug-likeness (QED) is 0.228. The van der Waals surface area contributed by atoms with Gasteiger partial charge in [-0.15, -0.1) is 0 Å². The van der Waals surface area contributed by atoms with E-state index in [2.05, 4.69) is 15.9 Å². The van der Waals surface area contributed by atoms with Gasteiger partial charge >= 0.3 is 13.3 Å². The Labute approximate surface area is 231 Å². The summed E-state index contributed by atoms with van der Waals surface area (Å²) in [5.74, 6) is 1.06. The van der Waals surface area contributed by atoms with Crippen LogP contribution in [0, 0.1) is 0 Å². The zero-order valence-electron chi connectivity index (χ0n) is 22.0. The average molecular weight is 640 g/mol. The summed E-state index contributed by atoms with van der Waals surface area (Å²) in [6, 6.07) is 7.86. The van der Waals surface area contributed by atoms with Crippen LogP contribution in [0.3, 0.4) is 0 Å². The number of hydrogen-bond acceptors (Lipinski definition) is 4. The molecule has 0 radical (unpaired) electrons. The average Bonchev–Trinajstić information content (AvgIpc) is 2.70. The molecule has 0 spiro atoms. The molecule has 0 saturated carbocycles. The Morgan fingerprint density at radius 3 is 2.11 bits per heavy atom. The largest absolute Gasteiger partial charge is 0.399 e. The SMILES string of the molecule is CC(C)(C)c1cc(C(F)(F)P(=O)(O)O)c(Br)c(C(C)(C)C)c1CSCC=Cc1cccc(S(C)(=O)=O)c1. The lowest BCUT2D eigenvalue weighted by atomic mass is 9.75. The lowest BCUT2D eigenvalue weighted by Crippen LogP contribution is -2.25. The van der Waals surface area contributed by atoms with Crippen LogP contribution in [0.4, 0.5) is 8.78 Å². The van der Waals surface area contributed by atoms with Gasteiger partial charge in [-0.2, -0.15) is 20.5 Å². The third-order valence-corrected chi connectivity index (χ3v) is 9.50. The molecule has 0 bridgehead atoms. The van der Waals surface area contributed by atoms with E-state index in [-0.39, 0.29) is 9.37 Å². The minimum Gasteiger partial charge on any atom is -0.320 e. The van der Waals surface area contributed by atoms with Gasteiger partial charge in [-0.25, -0.2) is 8.42 Å². The van der Waals surface area contributed by atoms with Gasteiger partial charge in [0, 0.05) is 27.8 Å². The molecule has 0 fully saturated rings. The fraction of sp³-hybridized carbons (Fsp3) is 0.462. The molecule has 11 heteroatoms. The van der Waals surface area contributed by atoms with Crippen LogP contribution in [0.5, 0.6) is 0 Å². The zero-order valence-corrected chi connectivity index (χ0v) is 26.1. The Bertz CT molecular complexity index is 1340. The van der Waals surface area contributed by atoms with Crippen LogP contribution in [-0.4, -0.2) is 30.2 Å². The summed E-state index contributed by atoms with van der Waals surface area (Å²) in [7, 11) is -9.07. The maximum Gasteiger partial charge on any atom is 0.399 e. The number of hydrogen-bond donors (Lipinski definition) is 2. The summed E-state index contributed by atoms with van der Waals surface area (Å²) in [6.07, 6.45) is 4.89. The van der Waals surface area contributed by atoms with Crippen molar-refractivity contribution in [2.45, 2.75) is 68.7 Å². The molecule has 206 valence electrons. The standard InChI is InChI=1S/C26H34BrF2O5PS2/c1-24(2,3)20-15-21(26(28,29)35(30,31)32)23(27)22(25(4,5)6)19(20)16-36-13-9-11-17-10-8-12-18(14-17)37(7,33)34/h8-12,14-15H,13,16H2,1-7H3,(H2,30,31,32). The van der Waals surface area contributed by atoms with Crippen molar-refractivity contribution < 1.29 is 31.6 Å². The Balaban J connectivity index is 2.49. The molecule has 0 aliphatic rings. The molecular weight excluding hydrogens is 605 g/mol. The third kappa shape index (κ3) is 7.76. The molecule has 2 rings (SSSR count). The van der Waals surface area contributed by atoms with Crippen LogP contribution < -0.4 is 0 Å². The van der Waals surface area contributed by atoms with Crippen molar-refractivity contribution in [3.8, 4) is 0 Å². The van der Waals surface area contributed by atoms with Crippen LogP contribution in [0.1, 0.15) is 69.4 Å². The van der Waals surface area contributed by atoms with Gasteiger partial charge in [0.15, 0.2) is 9.84 Å². The van der Waals surface area contributed by atoms with Crippen molar-refractivity contribution in [1.29, 1.82) is 0 Å². The summed E-state index contributed by atoms with van der Waals surface area (Å²) in [6.45, 7) is 11.3. The minimum atomic E-state index is -5.77. The summed E-state index contributed by atoms with van der Waals surface area (Å²) in [4.78, 5) is 19.1. The molecule has 0 amide bonds. The van der Waals surface area contributed by atoms with E-state index in [1.807, 2.05) is 59.8 Å². The maximum absolute atomic E-state index is 15.0. The first kappa shape index (κ1) is 32.2. The summed E-state index contributed by atoms with van der Waals surface area (Å²) >= 11 is 4.83. The highest BCUT2D eigenvalue weighted by Gasteiger charge is 2.52. The van der Waals surface area contributed by atoms with Crippen molar-refractivity contribution in [3.63, 3.8) is 0 Å². The van der Waals surface area contributed by atoms with Gasteiger partial charge in [0.05, 0.1) is 4.90 Å². The van der Waals surface area contributed by atoms with Crippen molar-refractivity contribution in [2.24, 2.45) is 0 Å². The first-order chi connectivity index (χ1) is 16.6. The first-order valence-corrected chi connectivity index (χ1v) is 16.9. The number of halogens is 3. The minimum absolute atomic E-state index is 0.00468. The van der Waals surface area contributed by atoms with Gasteiger partial charge in [0.2, 0.25) is 0 Å². The molecule has 0 heterocycles. The highest BCUT2D eigenvalue weighted by molar-refractivity contribution is 9.10. The maximum atomic E-state index is 15.0. The summed E-state index contributed by atoms with van der Waals surface area (Å²) < 4.78 is 65.2. The second-order valence-electron chi connectivity index (χ2n) is 11.0. The van der Waals surface area contributed by atoms with Gasteiger partial charge < -0.3 is 9.79 Å². The third-order valence-electron chi connectivity index (χ3n) is 5.68. The normalized spacial score (nSPS) is 13.9. The Kier molecular flexibility index (Phi) is 9.76. The van der Waals surface area contributed by atoms with Crippen molar-refractivity contribution in [3.05, 3.63) is 68.7 Å². The molecule has 2 aromatic rings. The fourth-order valence-corrected chi connectivity index (χ4v) is 7.31. The molecule has 0 aliphatic carbocycles. The van der Waals surface area contributed by atoms with Crippen molar-refractivity contribution in [2.75, 3.05) is 12.0 Å².